The molecule has 0 bridgehead atoms. The number of methoxy groups -OCH3 is 1. The van der Waals surface area contributed by atoms with Gasteiger partial charge in [0.2, 0.25) is 5.88 Å². The number of hydrogen-bond acceptors (Lipinski definition) is 5. The third kappa shape index (κ3) is 2.71. The lowest BCUT2D eigenvalue weighted by Gasteiger charge is -2.05. The largest absolute Gasteiger partial charge is 0.475 e. The van der Waals surface area contributed by atoms with Crippen LogP contribution in [0.1, 0.15) is 0 Å². The Morgan fingerprint density at radius 3 is 3.00 bits per heavy atom. The summed E-state index contributed by atoms with van der Waals surface area (Å²) in [6.07, 6.45) is 1.42. The molecule has 13 heavy (non-hydrogen) atoms. The van der Waals surface area contributed by atoms with E-state index in [0.717, 1.165) is 0 Å². The van der Waals surface area contributed by atoms with Crippen LogP contribution >= 0.6 is 11.6 Å². The van der Waals surface area contributed by atoms with E-state index in [-0.39, 0.29) is 6.01 Å². The number of hydrogen-bond donors (Lipinski definition) is 1. The van der Waals surface area contributed by atoms with E-state index in [4.69, 9.17) is 26.8 Å². The van der Waals surface area contributed by atoms with Crippen molar-refractivity contribution < 1.29 is 9.47 Å². The molecule has 5 nitrogen and oxygen atoms in total. The first-order chi connectivity index (χ1) is 6.27. The Bertz CT molecular complexity index is 282. The SMILES string of the molecule is COc1ncc(Cl)c(OCCN)n1. The maximum absolute atomic E-state index is 5.74. The van der Waals surface area contributed by atoms with E-state index in [9.17, 15) is 0 Å². The molecule has 1 aromatic rings. The van der Waals surface area contributed by atoms with Gasteiger partial charge in [-0.1, -0.05) is 11.6 Å². The third-order valence-corrected chi connectivity index (χ3v) is 1.49. The maximum atomic E-state index is 5.74. The molecule has 1 heterocycles. The third-order valence-electron chi connectivity index (χ3n) is 1.23. The quantitative estimate of drug-likeness (QED) is 0.771. The first-order valence-corrected chi connectivity index (χ1v) is 4.05. The molecule has 0 amide bonds. The Labute approximate surface area is 80.8 Å². The summed E-state index contributed by atoms with van der Waals surface area (Å²) in [6.45, 7) is 0.766. The molecule has 6 heteroatoms. The summed E-state index contributed by atoms with van der Waals surface area (Å²) in [4.78, 5) is 7.67. The molecule has 0 aliphatic rings. The van der Waals surface area contributed by atoms with Crippen molar-refractivity contribution in [1.29, 1.82) is 0 Å². The summed E-state index contributed by atoms with van der Waals surface area (Å²) < 4.78 is 9.94. The van der Waals surface area contributed by atoms with Gasteiger partial charge in [-0.3, -0.25) is 0 Å². The zero-order valence-electron chi connectivity index (χ0n) is 7.16. The highest BCUT2D eigenvalue weighted by Crippen LogP contribution is 2.22. The van der Waals surface area contributed by atoms with Crippen LogP contribution in [-0.4, -0.2) is 30.2 Å². The average Bonchev–Trinajstić information content (AvgIpc) is 2.17. The van der Waals surface area contributed by atoms with Gasteiger partial charge in [-0.2, -0.15) is 4.98 Å². The van der Waals surface area contributed by atoms with Gasteiger partial charge in [-0.25, -0.2) is 4.98 Å². The smallest absolute Gasteiger partial charge is 0.319 e. The van der Waals surface area contributed by atoms with Gasteiger partial charge in [0.25, 0.3) is 0 Å². The average molecular weight is 204 g/mol. The summed E-state index contributed by atoms with van der Waals surface area (Å²) in [5, 5.41) is 0.342. The van der Waals surface area contributed by atoms with Gasteiger partial charge in [0.15, 0.2) is 0 Å². The number of nitrogens with two attached hydrogens (primary N) is 1. The number of halogens is 1. The number of rotatable bonds is 4. The van der Waals surface area contributed by atoms with Crippen LogP contribution in [-0.2, 0) is 0 Å². The number of ether oxygens (including phenoxy) is 2. The Morgan fingerprint density at radius 2 is 2.38 bits per heavy atom. The van der Waals surface area contributed by atoms with Crippen LogP contribution < -0.4 is 15.2 Å². The van der Waals surface area contributed by atoms with Crippen LogP contribution in [0.15, 0.2) is 6.20 Å². The van der Waals surface area contributed by atoms with Gasteiger partial charge in [0.05, 0.1) is 13.3 Å². The Morgan fingerprint density at radius 1 is 1.62 bits per heavy atom. The predicted molar refractivity (Wildman–Crippen MR) is 48.1 cm³/mol. The van der Waals surface area contributed by atoms with Crippen LogP contribution in [0.5, 0.6) is 11.9 Å². The van der Waals surface area contributed by atoms with Gasteiger partial charge in [-0.05, 0) is 0 Å². The molecular formula is C7H10ClN3O2. The molecule has 0 aromatic carbocycles. The summed E-state index contributed by atoms with van der Waals surface area (Å²) in [5.74, 6) is 0.291. The van der Waals surface area contributed by atoms with E-state index in [0.29, 0.717) is 24.1 Å². The van der Waals surface area contributed by atoms with Crippen molar-refractivity contribution in [2.24, 2.45) is 5.73 Å². The van der Waals surface area contributed by atoms with Crippen molar-refractivity contribution in [3.05, 3.63) is 11.2 Å². The summed E-state index contributed by atoms with van der Waals surface area (Å²) >= 11 is 5.74. The molecule has 0 aliphatic carbocycles. The fourth-order valence-electron chi connectivity index (χ4n) is 0.691. The first kappa shape index (κ1) is 10.0. The summed E-state index contributed by atoms with van der Waals surface area (Å²) in [7, 11) is 1.47. The molecule has 0 aliphatic heterocycles. The topological polar surface area (TPSA) is 70.3 Å². The number of nitrogens with zero attached hydrogens (tertiary/aromatic N) is 2. The number of aromatic nitrogens is 2. The van der Waals surface area contributed by atoms with E-state index in [1.165, 1.54) is 13.3 Å². The van der Waals surface area contributed by atoms with Crippen molar-refractivity contribution >= 4 is 11.6 Å². The van der Waals surface area contributed by atoms with Crippen LogP contribution in [0.2, 0.25) is 5.02 Å². The van der Waals surface area contributed by atoms with Crippen molar-refractivity contribution in [1.82, 2.24) is 9.97 Å². The van der Waals surface area contributed by atoms with Crippen LogP contribution in [0, 0.1) is 0 Å². The molecule has 2 N–H and O–H groups in total. The standard InChI is InChI=1S/C7H10ClN3O2/c1-12-7-10-4-5(8)6(11-7)13-3-2-9/h4H,2-3,9H2,1H3. The minimum atomic E-state index is 0.219. The Balaban J connectivity index is 2.78. The highest BCUT2D eigenvalue weighted by Gasteiger charge is 2.05. The van der Waals surface area contributed by atoms with Gasteiger partial charge >= 0.3 is 6.01 Å². The molecule has 1 aromatic heterocycles. The van der Waals surface area contributed by atoms with Gasteiger partial charge < -0.3 is 15.2 Å². The van der Waals surface area contributed by atoms with Gasteiger partial charge in [0, 0.05) is 6.54 Å². The molecule has 0 saturated heterocycles. The maximum Gasteiger partial charge on any atom is 0.319 e. The molecule has 0 spiro atoms. The molecule has 72 valence electrons. The van der Waals surface area contributed by atoms with Crippen LogP contribution in [0.4, 0.5) is 0 Å². The first-order valence-electron chi connectivity index (χ1n) is 3.67. The molecule has 0 unspecified atom stereocenters. The van der Waals surface area contributed by atoms with E-state index in [2.05, 4.69) is 9.97 Å². The van der Waals surface area contributed by atoms with E-state index < -0.39 is 0 Å². The minimum absolute atomic E-state index is 0.219. The second-order valence-electron chi connectivity index (χ2n) is 2.15. The predicted octanol–water partition coefficient (Wildman–Crippen LogP) is 0.476. The highest BCUT2D eigenvalue weighted by molar-refractivity contribution is 6.31. The van der Waals surface area contributed by atoms with Gasteiger partial charge in [0.1, 0.15) is 11.6 Å². The fourth-order valence-corrected chi connectivity index (χ4v) is 0.837. The minimum Gasteiger partial charge on any atom is -0.475 e. The van der Waals surface area contributed by atoms with E-state index in [1.807, 2.05) is 0 Å². The van der Waals surface area contributed by atoms with Crippen molar-refractivity contribution in [3.8, 4) is 11.9 Å². The monoisotopic (exact) mass is 203 g/mol. The van der Waals surface area contributed by atoms with Crippen LogP contribution in [0.3, 0.4) is 0 Å². The van der Waals surface area contributed by atoms with Crippen molar-refractivity contribution in [3.63, 3.8) is 0 Å². The lowest BCUT2D eigenvalue weighted by atomic mass is 10.6. The highest BCUT2D eigenvalue weighted by atomic mass is 35.5. The second kappa shape index (κ2) is 4.84. The van der Waals surface area contributed by atoms with Crippen molar-refractivity contribution in [2.75, 3.05) is 20.3 Å². The Kier molecular flexibility index (Phi) is 3.72. The van der Waals surface area contributed by atoms with Crippen molar-refractivity contribution in [2.45, 2.75) is 0 Å². The van der Waals surface area contributed by atoms with Gasteiger partial charge in [-0.15, -0.1) is 0 Å². The molecular weight excluding hydrogens is 194 g/mol. The van der Waals surface area contributed by atoms with E-state index >= 15 is 0 Å². The lowest BCUT2D eigenvalue weighted by molar-refractivity contribution is 0.303. The molecule has 0 fully saturated rings. The molecule has 0 radical (unpaired) electrons. The summed E-state index contributed by atoms with van der Waals surface area (Å²) in [5.41, 5.74) is 5.25. The zero-order chi connectivity index (χ0) is 9.68. The molecule has 0 atom stereocenters. The second-order valence-corrected chi connectivity index (χ2v) is 2.55. The summed E-state index contributed by atoms with van der Waals surface area (Å²) in [6, 6.07) is 0.219. The lowest BCUT2D eigenvalue weighted by Crippen LogP contribution is -2.11. The zero-order valence-corrected chi connectivity index (χ0v) is 7.91. The van der Waals surface area contributed by atoms with E-state index in [1.54, 1.807) is 0 Å². The molecule has 1 rings (SSSR count). The van der Waals surface area contributed by atoms with Crippen LogP contribution in [0.25, 0.3) is 0 Å². The fraction of sp³-hybridized carbons (Fsp3) is 0.429. The Hall–Kier alpha value is -1.07. The molecule has 0 saturated carbocycles. The normalized spacial score (nSPS) is 9.77.